The number of nitrogens with zero attached hydrogens (tertiary/aromatic N) is 5. The van der Waals surface area contributed by atoms with Crippen LogP contribution in [-0.2, 0) is 13.1 Å². The van der Waals surface area contributed by atoms with E-state index in [2.05, 4.69) is 31.4 Å². The van der Waals surface area contributed by atoms with Crippen LogP contribution in [0.15, 0.2) is 40.2 Å². The van der Waals surface area contributed by atoms with Crippen molar-refractivity contribution in [3.63, 3.8) is 0 Å². The minimum atomic E-state index is 0. The summed E-state index contributed by atoms with van der Waals surface area (Å²) < 4.78 is 4.87. The van der Waals surface area contributed by atoms with E-state index in [0.717, 1.165) is 30.6 Å². The summed E-state index contributed by atoms with van der Waals surface area (Å²) in [5.41, 5.74) is 2.07. The van der Waals surface area contributed by atoms with Crippen molar-refractivity contribution in [3.8, 4) is 0 Å². The van der Waals surface area contributed by atoms with Gasteiger partial charge in [0.2, 0.25) is 0 Å². The van der Waals surface area contributed by atoms with Gasteiger partial charge in [-0.2, -0.15) is 0 Å². The zero-order valence-corrected chi connectivity index (χ0v) is 17.0. The van der Waals surface area contributed by atoms with Crippen LogP contribution in [0.2, 0.25) is 0 Å². The Kier molecular flexibility index (Phi) is 7.48. The molecule has 2 aromatic rings. The normalized spacial score (nSPS) is 14.3. The average Bonchev–Trinajstić information content (AvgIpc) is 3.29. The summed E-state index contributed by atoms with van der Waals surface area (Å²) >= 11 is 0. The number of guanidine groups is 1. The fourth-order valence-electron chi connectivity index (χ4n) is 2.89. The standard InChI is InChI=1S/C17H24N6O.HI/c1-18-17(22(2)13-15-6-10-24-21-15)20-12-14-5-7-19-16(11-14)23-8-3-4-9-23;/h5-7,10-11H,3-4,8-9,12-13H2,1-2H3,(H,18,20);1H. The molecule has 3 rings (SSSR count). The maximum Gasteiger partial charge on any atom is 0.194 e. The molecule has 0 aliphatic carbocycles. The lowest BCUT2D eigenvalue weighted by atomic mass is 10.2. The van der Waals surface area contributed by atoms with Gasteiger partial charge in [0, 0.05) is 46.0 Å². The Morgan fingerprint density at radius 1 is 1.36 bits per heavy atom. The third kappa shape index (κ3) is 5.32. The van der Waals surface area contributed by atoms with Gasteiger partial charge in [0.1, 0.15) is 17.8 Å². The Labute approximate surface area is 165 Å². The molecule has 0 unspecified atom stereocenters. The summed E-state index contributed by atoms with van der Waals surface area (Å²) in [4.78, 5) is 13.2. The molecule has 1 aliphatic rings. The van der Waals surface area contributed by atoms with Crippen molar-refractivity contribution in [2.75, 3.05) is 32.1 Å². The zero-order valence-electron chi connectivity index (χ0n) is 14.7. The third-order valence-corrected chi connectivity index (χ3v) is 4.15. The van der Waals surface area contributed by atoms with Crippen LogP contribution in [0.25, 0.3) is 0 Å². The van der Waals surface area contributed by atoms with Crippen LogP contribution in [0.4, 0.5) is 5.82 Å². The fourth-order valence-corrected chi connectivity index (χ4v) is 2.89. The van der Waals surface area contributed by atoms with Gasteiger partial charge in [0.25, 0.3) is 0 Å². The van der Waals surface area contributed by atoms with E-state index in [0.29, 0.717) is 13.1 Å². The van der Waals surface area contributed by atoms with E-state index in [1.54, 1.807) is 13.3 Å². The quantitative estimate of drug-likeness (QED) is 0.424. The molecule has 0 radical (unpaired) electrons. The van der Waals surface area contributed by atoms with E-state index in [9.17, 15) is 0 Å². The summed E-state index contributed by atoms with van der Waals surface area (Å²) in [5, 5.41) is 7.32. The van der Waals surface area contributed by atoms with Crippen LogP contribution in [0.5, 0.6) is 0 Å². The first-order valence-electron chi connectivity index (χ1n) is 8.27. The van der Waals surface area contributed by atoms with E-state index in [1.165, 1.54) is 18.4 Å². The van der Waals surface area contributed by atoms with E-state index in [1.807, 2.05) is 30.3 Å². The molecule has 0 saturated carbocycles. The predicted octanol–water partition coefficient (Wildman–Crippen LogP) is 2.50. The van der Waals surface area contributed by atoms with E-state index < -0.39 is 0 Å². The Morgan fingerprint density at radius 3 is 2.84 bits per heavy atom. The first-order chi connectivity index (χ1) is 11.8. The Bertz CT molecular complexity index is 670. The second-order valence-electron chi connectivity index (χ2n) is 5.96. The number of pyridine rings is 1. The van der Waals surface area contributed by atoms with Crippen LogP contribution >= 0.6 is 24.0 Å². The Morgan fingerprint density at radius 2 is 2.16 bits per heavy atom. The van der Waals surface area contributed by atoms with E-state index in [-0.39, 0.29) is 24.0 Å². The van der Waals surface area contributed by atoms with Crippen molar-refractivity contribution in [1.82, 2.24) is 20.4 Å². The van der Waals surface area contributed by atoms with Crippen molar-refractivity contribution >= 4 is 35.8 Å². The molecule has 7 nitrogen and oxygen atoms in total. The van der Waals surface area contributed by atoms with Gasteiger partial charge in [-0.25, -0.2) is 4.98 Å². The lowest BCUT2D eigenvalue weighted by Gasteiger charge is -2.21. The van der Waals surface area contributed by atoms with Crippen LogP contribution < -0.4 is 10.2 Å². The maximum absolute atomic E-state index is 4.87. The number of halogens is 1. The first kappa shape index (κ1) is 19.5. The molecule has 2 aromatic heterocycles. The van der Waals surface area contributed by atoms with Crippen molar-refractivity contribution in [2.24, 2.45) is 4.99 Å². The lowest BCUT2D eigenvalue weighted by Crippen LogP contribution is -2.38. The highest BCUT2D eigenvalue weighted by molar-refractivity contribution is 14.0. The molecule has 1 fully saturated rings. The third-order valence-electron chi connectivity index (χ3n) is 4.15. The molecule has 3 heterocycles. The summed E-state index contributed by atoms with van der Waals surface area (Å²) in [5.74, 6) is 1.88. The minimum Gasteiger partial charge on any atom is -0.364 e. The van der Waals surface area contributed by atoms with Gasteiger partial charge in [-0.15, -0.1) is 24.0 Å². The number of nitrogens with one attached hydrogen (secondary N) is 1. The highest BCUT2D eigenvalue weighted by Crippen LogP contribution is 2.18. The lowest BCUT2D eigenvalue weighted by molar-refractivity contribution is 0.391. The topological polar surface area (TPSA) is 69.8 Å². The van der Waals surface area contributed by atoms with Crippen molar-refractivity contribution in [3.05, 3.63) is 41.9 Å². The summed E-state index contributed by atoms with van der Waals surface area (Å²) in [6, 6.07) is 6.05. The SMILES string of the molecule is CN=C(NCc1ccnc(N2CCCC2)c1)N(C)Cc1ccon1.I. The highest BCUT2D eigenvalue weighted by atomic mass is 127. The maximum atomic E-state index is 4.87. The van der Waals surface area contributed by atoms with E-state index >= 15 is 0 Å². The summed E-state index contributed by atoms with van der Waals surface area (Å²) in [6.45, 7) is 3.56. The summed E-state index contributed by atoms with van der Waals surface area (Å²) in [7, 11) is 3.76. The Hall–Kier alpha value is -1.84. The van der Waals surface area contributed by atoms with Gasteiger partial charge in [-0.05, 0) is 30.5 Å². The van der Waals surface area contributed by atoms with Gasteiger partial charge in [-0.3, -0.25) is 4.99 Å². The van der Waals surface area contributed by atoms with Crippen molar-refractivity contribution in [1.29, 1.82) is 0 Å². The molecule has 8 heteroatoms. The molecular weight excluding hydrogens is 431 g/mol. The van der Waals surface area contributed by atoms with Crippen LogP contribution in [0.1, 0.15) is 24.1 Å². The number of rotatable bonds is 5. The molecule has 0 amide bonds. The number of hydrogen-bond donors (Lipinski definition) is 1. The molecule has 0 bridgehead atoms. The molecule has 0 atom stereocenters. The Balaban J connectivity index is 0.00000225. The fraction of sp³-hybridized carbons (Fsp3) is 0.471. The zero-order chi connectivity index (χ0) is 16.8. The number of anilines is 1. The van der Waals surface area contributed by atoms with Crippen molar-refractivity contribution < 1.29 is 4.52 Å². The van der Waals surface area contributed by atoms with Gasteiger partial charge in [-0.1, -0.05) is 5.16 Å². The molecule has 1 saturated heterocycles. The second kappa shape index (κ2) is 9.59. The molecule has 0 spiro atoms. The number of hydrogen-bond acceptors (Lipinski definition) is 5. The molecular formula is C17H25IN6O. The van der Waals surface area contributed by atoms with Crippen LogP contribution in [0.3, 0.4) is 0 Å². The largest absolute Gasteiger partial charge is 0.364 e. The molecule has 25 heavy (non-hydrogen) atoms. The van der Waals surface area contributed by atoms with E-state index in [4.69, 9.17) is 4.52 Å². The predicted molar refractivity (Wildman–Crippen MR) is 109 cm³/mol. The summed E-state index contributed by atoms with van der Waals surface area (Å²) in [6.07, 6.45) is 5.97. The number of aromatic nitrogens is 2. The monoisotopic (exact) mass is 456 g/mol. The van der Waals surface area contributed by atoms with Crippen molar-refractivity contribution in [2.45, 2.75) is 25.9 Å². The first-order valence-corrected chi connectivity index (χ1v) is 8.27. The van der Waals surface area contributed by atoms with Gasteiger partial charge >= 0.3 is 0 Å². The van der Waals surface area contributed by atoms with Gasteiger partial charge in [0.15, 0.2) is 5.96 Å². The highest BCUT2D eigenvalue weighted by Gasteiger charge is 2.14. The molecule has 1 N–H and O–H groups in total. The van der Waals surface area contributed by atoms with Crippen LogP contribution in [0, 0.1) is 0 Å². The van der Waals surface area contributed by atoms with Gasteiger partial charge < -0.3 is 19.6 Å². The second-order valence-corrected chi connectivity index (χ2v) is 5.96. The number of aliphatic imine (C=N–C) groups is 1. The molecule has 0 aromatic carbocycles. The van der Waals surface area contributed by atoms with Crippen LogP contribution in [-0.4, -0.2) is 48.2 Å². The average molecular weight is 456 g/mol. The van der Waals surface area contributed by atoms with Gasteiger partial charge in [0.05, 0.1) is 6.54 Å². The smallest absolute Gasteiger partial charge is 0.194 e. The minimum absolute atomic E-state index is 0. The molecule has 1 aliphatic heterocycles. The molecule has 136 valence electrons.